The van der Waals surface area contributed by atoms with Gasteiger partial charge in [0.1, 0.15) is 22.8 Å². The number of benzene rings is 4. The first-order valence-electron chi connectivity index (χ1n) is 13.4. The van der Waals surface area contributed by atoms with E-state index >= 15 is 0 Å². The van der Waals surface area contributed by atoms with E-state index in [9.17, 15) is 24.9 Å². The van der Waals surface area contributed by atoms with Crippen molar-refractivity contribution in [2.45, 2.75) is 19.0 Å². The van der Waals surface area contributed by atoms with Crippen molar-refractivity contribution < 1.29 is 29.4 Å². The summed E-state index contributed by atoms with van der Waals surface area (Å²) >= 11 is 0. The quantitative estimate of drug-likeness (QED) is 0.0738. The van der Waals surface area contributed by atoms with E-state index in [0.29, 0.717) is 66.1 Å². The van der Waals surface area contributed by atoms with Crippen LogP contribution in [-0.2, 0) is 17.8 Å². The van der Waals surface area contributed by atoms with Crippen LogP contribution in [0.25, 0.3) is 33.4 Å². The van der Waals surface area contributed by atoms with Crippen LogP contribution in [0.3, 0.4) is 0 Å². The largest absolute Gasteiger partial charge is 0.508 e. The standard InChI is InChI=1S/C32H31N3O7/c33-17-21(13-19-1-4-22(36)5-2-19)35-41-12-11-34-18-20-3-8-25(28(14-20)32(39)40)31-26-9-6-23(37)15-29(26)42-30-16-24(38)7-10-27(30)31/h1-10,14-16,21,34-37H,11-13,17-18,33H2,(H,39,40). The second-order valence-corrected chi connectivity index (χ2v) is 9.95. The predicted molar refractivity (Wildman–Crippen MR) is 159 cm³/mol. The zero-order valence-electron chi connectivity index (χ0n) is 22.7. The molecule has 1 unspecified atom stereocenters. The molecule has 0 spiro atoms. The number of hydrogen-bond acceptors (Lipinski definition) is 9. The molecule has 10 nitrogen and oxygen atoms in total. The number of carboxylic acids is 1. The number of hydroxylamine groups is 1. The number of phenols is 2. The minimum atomic E-state index is -1.10. The number of nitrogens with one attached hydrogen (secondary N) is 2. The van der Waals surface area contributed by atoms with Crippen molar-refractivity contribution in [2.75, 3.05) is 19.7 Å². The highest BCUT2D eigenvalue weighted by molar-refractivity contribution is 6.07. The highest BCUT2D eigenvalue weighted by atomic mass is 16.6. The SMILES string of the molecule is NCC(Cc1ccc(O)cc1)NOCCNCc1ccc(-c2c3ccc(=O)cc-3oc3cc(O)ccc23)c(C(=O)O)c1. The third kappa shape index (κ3) is 6.59. The fraction of sp³-hybridized carbons (Fsp3) is 0.188. The molecule has 1 aliphatic carbocycles. The van der Waals surface area contributed by atoms with Gasteiger partial charge in [-0.2, -0.15) is 5.48 Å². The smallest absolute Gasteiger partial charge is 0.336 e. The second-order valence-electron chi connectivity index (χ2n) is 9.95. The van der Waals surface area contributed by atoms with Crippen LogP contribution in [0.4, 0.5) is 0 Å². The minimum absolute atomic E-state index is 0.00947. The summed E-state index contributed by atoms with van der Waals surface area (Å²) in [7, 11) is 0. The van der Waals surface area contributed by atoms with Crippen LogP contribution < -0.4 is 22.0 Å². The zero-order valence-corrected chi connectivity index (χ0v) is 22.7. The van der Waals surface area contributed by atoms with Crippen molar-refractivity contribution in [1.29, 1.82) is 0 Å². The maximum Gasteiger partial charge on any atom is 0.336 e. The Hall–Kier alpha value is -4.74. The van der Waals surface area contributed by atoms with Crippen molar-refractivity contribution >= 4 is 16.9 Å². The Bertz CT molecular complexity index is 1730. The highest BCUT2D eigenvalue weighted by Gasteiger charge is 2.22. The van der Waals surface area contributed by atoms with Crippen LogP contribution in [-0.4, -0.2) is 47.0 Å². The first kappa shape index (κ1) is 28.8. The van der Waals surface area contributed by atoms with Gasteiger partial charge < -0.3 is 35.6 Å². The summed E-state index contributed by atoms with van der Waals surface area (Å²) in [5.74, 6) is -0.598. The molecule has 0 aromatic heterocycles. The van der Waals surface area contributed by atoms with Crippen molar-refractivity contribution in [3.63, 3.8) is 0 Å². The van der Waals surface area contributed by atoms with E-state index in [-0.39, 0.29) is 28.5 Å². The van der Waals surface area contributed by atoms with Crippen LogP contribution in [0.5, 0.6) is 11.5 Å². The first-order valence-corrected chi connectivity index (χ1v) is 13.4. The summed E-state index contributed by atoms with van der Waals surface area (Å²) in [5, 5.41) is 33.4. The lowest BCUT2D eigenvalue weighted by molar-refractivity contribution is 0.0198. The number of carboxylic acid groups (broad SMARTS) is 1. The van der Waals surface area contributed by atoms with Gasteiger partial charge >= 0.3 is 5.97 Å². The average Bonchev–Trinajstić information content (AvgIpc) is 2.97. The Morgan fingerprint density at radius 1 is 0.905 bits per heavy atom. The Balaban J connectivity index is 1.27. The molecule has 3 aromatic carbocycles. The normalized spacial score (nSPS) is 12.1. The fourth-order valence-corrected chi connectivity index (χ4v) is 4.87. The predicted octanol–water partition coefficient (Wildman–Crippen LogP) is 3.86. The Kier molecular flexibility index (Phi) is 8.80. The minimum Gasteiger partial charge on any atom is -0.508 e. The van der Waals surface area contributed by atoms with Gasteiger partial charge in [-0.15, -0.1) is 0 Å². The molecule has 0 bridgehead atoms. The molecule has 0 amide bonds. The first-order chi connectivity index (χ1) is 20.3. The molecule has 0 fully saturated rings. The van der Waals surface area contributed by atoms with E-state index in [2.05, 4.69) is 10.8 Å². The number of fused-ring (bicyclic) bond motifs is 2. The molecule has 216 valence electrons. The summed E-state index contributed by atoms with van der Waals surface area (Å²) in [5.41, 5.74) is 12.5. The Morgan fingerprint density at radius 2 is 1.64 bits per heavy atom. The van der Waals surface area contributed by atoms with Crippen LogP contribution >= 0.6 is 0 Å². The molecule has 1 atom stereocenters. The van der Waals surface area contributed by atoms with Gasteiger partial charge in [0.15, 0.2) is 5.43 Å². The number of nitrogens with two attached hydrogens (primary N) is 1. The topological polar surface area (TPSA) is 167 Å². The molecule has 0 saturated heterocycles. The molecule has 1 aliphatic heterocycles. The second kappa shape index (κ2) is 12.8. The summed E-state index contributed by atoms with van der Waals surface area (Å²) in [6.07, 6.45) is 0.647. The molecular weight excluding hydrogens is 538 g/mol. The molecule has 7 N–H and O–H groups in total. The maximum absolute atomic E-state index is 12.4. The molecule has 5 rings (SSSR count). The summed E-state index contributed by atoms with van der Waals surface area (Å²) in [4.78, 5) is 30.0. The number of carbonyl (C=O) groups is 1. The van der Waals surface area contributed by atoms with Gasteiger partial charge in [-0.25, -0.2) is 4.79 Å². The molecule has 2 aliphatic rings. The molecule has 0 radical (unpaired) electrons. The van der Waals surface area contributed by atoms with Crippen molar-refractivity contribution in [1.82, 2.24) is 10.8 Å². The number of aromatic carboxylic acids is 1. The van der Waals surface area contributed by atoms with Gasteiger partial charge in [-0.1, -0.05) is 24.3 Å². The van der Waals surface area contributed by atoms with E-state index in [0.717, 1.165) is 11.1 Å². The molecule has 10 heteroatoms. The third-order valence-electron chi connectivity index (χ3n) is 6.92. The van der Waals surface area contributed by atoms with Gasteiger partial charge in [-0.3, -0.25) is 4.79 Å². The molecule has 42 heavy (non-hydrogen) atoms. The Labute approximate surface area is 241 Å². The van der Waals surface area contributed by atoms with Crippen LogP contribution in [0.1, 0.15) is 21.5 Å². The Morgan fingerprint density at radius 3 is 2.40 bits per heavy atom. The van der Waals surface area contributed by atoms with E-state index in [4.69, 9.17) is 15.0 Å². The van der Waals surface area contributed by atoms with Gasteiger partial charge in [0.25, 0.3) is 0 Å². The fourth-order valence-electron chi connectivity index (χ4n) is 4.87. The van der Waals surface area contributed by atoms with Crippen molar-refractivity contribution in [3.8, 4) is 33.9 Å². The number of phenolic OH excluding ortho intramolecular Hbond substituents is 2. The van der Waals surface area contributed by atoms with Crippen LogP contribution in [0.2, 0.25) is 0 Å². The maximum atomic E-state index is 12.4. The lowest BCUT2D eigenvalue weighted by Crippen LogP contribution is -2.39. The number of aromatic hydroxyl groups is 2. The zero-order chi connectivity index (χ0) is 29.6. The van der Waals surface area contributed by atoms with E-state index in [1.165, 1.54) is 24.3 Å². The lowest BCUT2D eigenvalue weighted by Gasteiger charge is -2.18. The molecular formula is C32H31N3O7. The summed E-state index contributed by atoms with van der Waals surface area (Å²) < 4.78 is 5.88. The van der Waals surface area contributed by atoms with Crippen molar-refractivity contribution in [3.05, 3.63) is 106 Å². The molecule has 0 saturated carbocycles. The van der Waals surface area contributed by atoms with Gasteiger partial charge in [0.05, 0.1) is 12.2 Å². The summed E-state index contributed by atoms with van der Waals surface area (Å²) in [6, 6.07) is 21.1. The van der Waals surface area contributed by atoms with Gasteiger partial charge in [0.2, 0.25) is 0 Å². The van der Waals surface area contributed by atoms with Crippen LogP contribution in [0.15, 0.2) is 88.1 Å². The monoisotopic (exact) mass is 569 g/mol. The highest BCUT2D eigenvalue weighted by Crippen LogP contribution is 2.42. The van der Waals surface area contributed by atoms with Gasteiger partial charge in [0, 0.05) is 54.3 Å². The lowest BCUT2D eigenvalue weighted by atomic mass is 9.90. The summed E-state index contributed by atoms with van der Waals surface area (Å²) in [6.45, 7) is 1.65. The van der Waals surface area contributed by atoms with Gasteiger partial charge in [-0.05, 0) is 65.6 Å². The third-order valence-corrected chi connectivity index (χ3v) is 6.92. The molecule has 1 heterocycles. The van der Waals surface area contributed by atoms with Crippen molar-refractivity contribution in [2.24, 2.45) is 5.73 Å². The number of rotatable bonds is 12. The number of hydrogen-bond donors (Lipinski definition) is 6. The average molecular weight is 570 g/mol. The van der Waals surface area contributed by atoms with E-state index in [1.54, 1.807) is 36.4 Å². The van der Waals surface area contributed by atoms with E-state index in [1.807, 2.05) is 18.2 Å². The van der Waals surface area contributed by atoms with E-state index < -0.39 is 5.97 Å². The van der Waals surface area contributed by atoms with Crippen LogP contribution in [0, 0.1) is 0 Å². The molecule has 3 aromatic rings.